The van der Waals surface area contributed by atoms with E-state index in [4.69, 9.17) is 9.84 Å². The molecule has 33 heavy (non-hydrogen) atoms. The number of carbonyl (C=O) groups is 3. The van der Waals surface area contributed by atoms with Crippen molar-refractivity contribution in [3.63, 3.8) is 0 Å². The van der Waals surface area contributed by atoms with Crippen LogP contribution in [0.1, 0.15) is 56.6 Å². The molecule has 0 heterocycles. The summed E-state index contributed by atoms with van der Waals surface area (Å²) >= 11 is 0. The Bertz CT molecular complexity index is 1020. The molecule has 1 saturated carbocycles. The number of carbonyl (C=O) groups excluding carboxylic acids is 2. The van der Waals surface area contributed by atoms with E-state index in [9.17, 15) is 14.4 Å². The summed E-state index contributed by atoms with van der Waals surface area (Å²) in [5.74, 6) is -1.24. The average molecular weight is 451 g/mol. The van der Waals surface area contributed by atoms with Gasteiger partial charge in [0.05, 0.1) is 0 Å². The van der Waals surface area contributed by atoms with E-state index in [2.05, 4.69) is 34.9 Å². The molecule has 0 radical (unpaired) electrons. The van der Waals surface area contributed by atoms with Crippen LogP contribution in [0.2, 0.25) is 0 Å². The van der Waals surface area contributed by atoms with E-state index in [0.29, 0.717) is 6.42 Å². The smallest absolute Gasteiger partial charge is 0.407 e. The van der Waals surface area contributed by atoms with Crippen molar-refractivity contribution in [1.29, 1.82) is 0 Å². The van der Waals surface area contributed by atoms with Crippen molar-refractivity contribution in [3.8, 4) is 11.1 Å². The van der Waals surface area contributed by atoms with Crippen molar-refractivity contribution >= 4 is 18.0 Å². The van der Waals surface area contributed by atoms with Gasteiger partial charge in [-0.3, -0.25) is 4.79 Å². The van der Waals surface area contributed by atoms with Gasteiger partial charge in [-0.25, -0.2) is 9.59 Å². The molecule has 2 amide bonds. The number of ether oxygens (including phenoxy) is 1. The van der Waals surface area contributed by atoms with E-state index in [-0.39, 0.29) is 36.8 Å². The van der Waals surface area contributed by atoms with E-state index in [0.717, 1.165) is 12.8 Å². The van der Waals surface area contributed by atoms with Gasteiger partial charge in [0.25, 0.3) is 0 Å². The monoisotopic (exact) mass is 450 g/mol. The summed E-state index contributed by atoms with van der Waals surface area (Å²) in [5, 5.41) is 14.6. The van der Waals surface area contributed by atoms with Crippen LogP contribution in [0.4, 0.5) is 4.79 Å². The highest BCUT2D eigenvalue weighted by atomic mass is 16.5. The van der Waals surface area contributed by atoms with Gasteiger partial charge in [-0.1, -0.05) is 48.5 Å². The maximum Gasteiger partial charge on any atom is 0.407 e. The zero-order valence-corrected chi connectivity index (χ0v) is 19.0. The fourth-order valence-corrected chi connectivity index (χ4v) is 4.91. The van der Waals surface area contributed by atoms with Gasteiger partial charge >= 0.3 is 12.1 Å². The summed E-state index contributed by atoms with van der Waals surface area (Å²) in [6, 6.07) is 16.4. The molecule has 174 valence electrons. The SMILES string of the molecule is CC(C)(NC(=O)C[C@@H]1CC[C@H](NC(=O)OCC2c3ccccc3-c3ccccc32)C1)C(=O)O. The van der Waals surface area contributed by atoms with E-state index >= 15 is 0 Å². The van der Waals surface area contributed by atoms with Crippen molar-refractivity contribution in [1.82, 2.24) is 10.6 Å². The fraction of sp³-hybridized carbons (Fsp3) is 0.423. The summed E-state index contributed by atoms with van der Waals surface area (Å²) in [4.78, 5) is 35.9. The highest BCUT2D eigenvalue weighted by molar-refractivity contribution is 5.86. The zero-order chi connectivity index (χ0) is 23.6. The number of hydrogen-bond acceptors (Lipinski definition) is 4. The Morgan fingerprint density at radius 2 is 1.61 bits per heavy atom. The molecule has 7 nitrogen and oxygen atoms in total. The summed E-state index contributed by atoms with van der Waals surface area (Å²) in [7, 11) is 0. The molecule has 0 aromatic heterocycles. The van der Waals surface area contributed by atoms with Gasteiger partial charge in [0.2, 0.25) is 5.91 Å². The molecule has 2 aromatic rings. The third-order valence-corrected chi connectivity index (χ3v) is 6.67. The number of hydrogen-bond donors (Lipinski definition) is 3. The Labute approximate surface area is 193 Å². The summed E-state index contributed by atoms with van der Waals surface area (Å²) < 4.78 is 5.62. The minimum Gasteiger partial charge on any atom is -0.480 e. The lowest BCUT2D eigenvalue weighted by molar-refractivity contribution is -0.146. The maximum absolute atomic E-state index is 12.5. The maximum atomic E-state index is 12.5. The number of amides is 2. The van der Waals surface area contributed by atoms with Crippen LogP contribution in [0, 0.1) is 5.92 Å². The first kappa shape index (κ1) is 22.8. The number of nitrogens with one attached hydrogen (secondary N) is 2. The number of rotatable bonds is 7. The summed E-state index contributed by atoms with van der Waals surface area (Å²) in [6.45, 7) is 3.19. The Morgan fingerprint density at radius 3 is 2.21 bits per heavy atom. The normalized spacial score (nSPS) is 19.5. The second-order valence-electron chi connectivity index (χ2n) is 9.53. The van der Waals surface area contributed by atoms with Crippen LogP contribution in [0.3, 0.4) is 0 Å². The van der Waals surface area contributed by atoms with Crippen molar-refractivity contribution in [2.75, 3.05) is 6.61 Å². The second kappa shape index (κ2) is 9.25. The number of carboxylic acid groups (broad SMARTS) is 1. The molecule has 7 heteroatoms. The van der Waals surface area contributed by atoms with Crippen molar-refractivity contribution in [3.05, 3.63) is 59.7 Å². The topological polar surface area (TPSA) is 105 Å². The van der Waals surface area contributed by atoms with Gasteiger partial charge in [0.1, 0.15) is 12.1 Å². The van der Waals surface area contributed by atoms with Crippen LogP contribution in [-0.2, 0) is 14.3 Å². The minimum absolute atomic E-state index is 0.0146. The molecular weight excluding hydrogens is 420 g/mol. The molecule has 2 aliphatic rings. The van der Waals surface area contributed by atoms with Gasteiger partial charge in [-0.15, -0.1) is 0 Å². The highest BCUT2D eigenvalue weighted by Crippen LogP contribution is 2.44. The Kier molecular flexibility index (Phi) is 6.40. The highest BCUT2D eigenvalue weighted by Gasteiger charge is 2.33. The van der Waals surface area contributed by atoms with E-state index in [1.165, 1.54) is 36.1 Å². The standard InChI is InChI=1S/C26H30N2O5/c1-26(2,24(30)31)28-23(29)14-16-11-12-17(13-16)27-25(32)33-15-22-20-9-5-3-7-18(20)19-8-4-6-10-21(19)22/h3-10,16-17,22H,11-15H2,1-2H3,(H,27,32)(H,28,29)(H,30,31)/t16-,17+/m1/s1. The predicted octanol–water partition coefficient (Wildman–Crippen LogP) is 4.06. The second-order valence-corrected chi connectivity index (χ2v) is 9.53. The molecule has 3 N–H and O–H groups in total. The molecular formula is C26H30N2O5. The summed E-state index contributed by atoms with van der Waals surface area (Å²) in [6.07, 6.45) is 2.05. The van der Waals surface area contributed by atoms with Crippen LogP contribution in [0.25, 0.3) is 11.1 Å². The van der Waals surface area contributed by atoms with Crippen molar-refractivity contribution in [2.45, 2.75) is 57.0 Å². The molecule has 1 fully saturated rings. The lowest BCUT2D eigenvalue weighted by atomic mass is 9.98. The fourth-order valence-electron chi connectivity index (χ4n) is 4.91. The average Bonchev–Trinajstić information content (AvgIpc) is 3.33. The van der Waals surface area contributed by atoms with Crippen molar-refractivity contribution in [2.24, 2.45) is 5.92 Å². The molecule has 2 atom stereocenters. The third kappa shape index (κ3) is 5.02. The quantitative estimate of drug-likeness (QED) is 0.590. The molecule has 0 aliphatic heterocycles. The van der Waals surface area contributed by atoms with Crippen LogP contribution in [-0.4, -0.2) is 41.3 Å². The number of carboxylic acids is 1. The van der Waals surface area contributed by atoms with E-state index in [1.54, 1.807) is 0 Å². The number of fused-ring (bicyclic) bond motifs is 3. The minimum atomic E-state index is -1.30. The first-order chi connectivity index (χ1) is 15.7. The van der Waals surface area contributed by atoms with Gasteiger partial charge in [0.15, 0.2) is 0 Å². The molecule has 0 spiro atoms. The van der Waals surface area contributed by atoms with Crippen LogP contribution < -0.4 is 10.6 Å². The summed E-state index contributed by atoms with van der Waals surface area (Å²) in [5.41, 5.74) is 3.41. The first-order valence-electron chi connectivity index (χ1n) is 11.4. The van der Waals surface area contributed by atoms with Gasteiger partial charge < -0.3 is 20.5 Å². The van der Waals surface area contributed by atoms with E-state index < -0.39 is 17.6 Å². The molecule has 2 aromatic carbocycles. The molecule has 2 aliphatic carbocycles. The van der Waals surface area contributed by atoms with Crippen LogP contribution in [0.15, 0.2) is 48.5 Å². The third-order valence-electron chi connectivity index (χ3n) is 6.67. The van der Waals surface area contributed by atoms with Crippen molar-refractivity contribution < 1.29 is 24.2 Å². The Morgan fingerprint density at radius 1 is 1.00 bits per heavy atom. The van der Waals surface area contributed by atoms with Crippen LogP contribution >= 0.6 is 0 Å². The number of aliphatic carboxylic acids is 1. The predicted molar refractivity (Wildman–Crippen MR) is 124 cm³/mol. The molecule has 0 unspecified atom stereocenters. The van der Waals surface area contributed by atoms with E-state index in [1.807, 2.05) is 24.3 Å². The zero-order valence-electron chi connectivity index (χ0n) is 19.0. The Hall–Kier alpha value is -3.35. The molecule has 0 bridgehead atoms. The van der Waals surface area contributed by atoms with Gasteiger partial charge in [-0.2, -0.15) is 0 Å². The lowest BCUT2D eigenvalue weighted by Crippen LogP contribution is -2.50. The lowest BCUT2D eigenvalue weighted by Gasteiger charge is -2.22. The van der Waals surface area contributed by atoms with Gasteiger partial charge in [-0.05, 0) is 61.3 Å². The molecule has 0 saturated heterocycles. The van der Waals surface area contributed by atoms with Crippen LogP contribution in [0.5, 0.6) is 0 Å². The number of benzene rings is 2. The Balaban J connectivity index is 1.27. The van der Waals surface area contributed by atoms with Gasteiger partial charge in [0, 0.05) is 18.4 Å². The largest absolute Gasteiger partial charge is 0.480 e. The number of alkyl carbamates (subject to hydrolysis) is 1. The first-order valence-corrected chi connectivity index (χ1v) is 11.4. The molecule has 4 rings (SSSR count).